The number of nitrogens with zero attached hydrogens (tertiary/aromatic N) is 1. The molecule has 1 aliphatic heterocycles. The van der Waals surface area contributed by atoms with Gasteiger partial charge in [0.05, 0.1) is 0 Å². The van der Waals surface area contributed by atoms with Crippen molar-refractivity contribution < 1.29 is 33.0 Å². The molecule has 2 atom stereocenters. The number of ether oxygens (including phenoxy) is 2. The number of hydrogen-bond acceptors (Lipinski definition) is 5. The van der Waals surface area contributed by atoms with Crippen molar-refractivity contribution in [3.8, 4) is 5.75 Å². The van der Waals surface area contributed by atoms with Crippen molar-refractivity contribution in [3.63, 3.8) is 0 Å². The lowest BCUT2D eigenvalue weighted by molar-refractivity contribution is 0.0684. The van der Waals surface area contributed by atoms with Gasteiger partial charge in [-0.25, -0.2) is 18.4 Å². The number of phenols is 1. The molecule has 2 amide bonds. The number of halogens is 2. The first-order valence-electron chi connectivity index (χ1n) is 9.64. The molecule has 2 N–H and O–H groups in total. The Kier molecular flexibility index (Phi) is 5.89. The molecule has 164 valence electrons. The maximum Gasteiger partial charge on any atom is 0.415 e. The fourth-order valence-electron chi connectivity index (χ4n) is 3.40. The minimum absolute atomic E-state index is 0.0406. The number of rotatable bonds is 5. The molecule has 32 heavy (non-hydrogen) atoms. The molecule has 0 saturated carbocycles. The summed E-state index contributed by atoms with van der Waals surface area (Å²) in [6.07, 6.45) is -2.38. The van der Waals surface area contributed by atoms with Crippen LogP contribution in [0.4, 0.5) is 29.7 Å². The Morgan fingerprint density at radius 3 is 2.19 bits per heavy atom. The van der Waals surface area contributed by atoms with Gasteiger partial charge in [-0.2, -0.15) is 0 Å². The van der Waals surface area contributed by atoms with E-state index in [4.69, 9.17) is 9.47 Å². The maximum absolute atomic E-state index is 13.4. The summed E-state index contributed by atoms with van der Waals surface area (Å²) >= 11 is 0. The first-order chi connectivity index (χ1) is 15.4. The van der Waals surface area contributed by atoms with E-state index in [-0.39, 0.29) is 12.4 Å². The van der Waals surface area contributed by atoms with Crippen LogP contribution >= 0.6 is 0 Å². The number of cyclic esters (lactones) is 1. The quantitative estimate of drug-likeness (QED) is 0.584. The predicted molar refractivity (Wildman–Crippen MR) is 111 cm³/mol. The second-order valence-corrected chi connectivity index (χ2v) is 7.04. The third-order valence-corrected chi connectivity index (χ3v) is 4.89. The molecule has 3 aromatic carbocycles. The summed E-state index contributed by atoms with van der Waals surface area (Å²) in [4.78, 5) is 26.1. The Bertz CT molecular complexity index is 1100. The van der Waals surface area contributed by atoms with E-state index in [0.717, 1.165) is 0 Å². The molecule has 4 rings (SSSR count). The highest BCUT2D eigenvalue weighted by atomic mass is 19.1. The van der Waals surface area contributed by atoms with E-state index in [1.807, 2.05) is 0 Å². The molecule has 1 unspecified atom stereocenters. The number of aromatic hydroxyl groups is 1. The average molecular weight is 440 g/mol. The number of phenolic OH excluding ortho intramolecular Hbond substituents is 1. The second kappa shape index (κ2) is 8.93. The van der Waals surface area contributed by atoms with Gasteiger partial charge in [-0.05, 0) is 66.2 Å². The van der Waals surface area contributed by atoms with Crippen molar-refractivity contribution in [3.05, 3.63) is 90.0 Å². The summed E-state index contributed by atoms with van der Waals surface area (Å²) in [5, 5.41) is 12.1. The van der Waals surface area contributed by atoms with E-state index in [1.165, 1.54) is 65.6 Å². The van der Waals surface area contributed by atoms with Crippen LogP contribution in [0.5, 0.6) is 5.75 Å². The van der Waals surface area contributed by atoms with E-state index in [0.29, 0.717) is 16.9 Å². The number of hydrogen-bond donors (Lipinski definition) is 2. The lowest BCUT2D eigenvalue weighted by Crippen LogP contribution is -2.32. The molecule has 0 aliphatic carbocycles. The number of amides is 2. The highest BCUT2D eigenvalue weighted by molar-refractivity contribution is 5.91. The fraction of sp³-hybridized carbons (Fsp3) is 0.130. The van der Waals surface area contributed by atoms with Gasteiger partial charge in [-0.1, -0.05) is 12.1 Å². The van der Waals surface area contributed by atoms with Crippen LogP contribution in [0.1, 0.15) is 11.6 Å². The second-order valence-electron chi connectivity index (χ2n) is 7.04. The number of carbonyl (C=O) groups excluding carboxylic acids is 2. The molecule has 9 heteroatoms. The van der Waals surface area contributed by atoms with E-state index < -0.39 is 36.0 Å². The van der Waals surface area contributed by atoms with Crippen LogP contribution in [0, 0.1) is 11.6 Å². The molecule has 0 bridgehead atoms. The van der Waals surface area contributed by atoms with Crippen LogP contribution in [0.25, 0.3) is 0 Å². The van der Waals surface area contributed by atoms with Crippen LogP contribution in [0.15, 0.2) is 72.8 Å². The minimum atomic E-state index is -0.879. The van der Waals surface area contributed by atoms with Crippen LogP contribution in [0.3, 0.4) is 0 Å². The number of nitrogens with one attached hydrogen (secondary N) is 1. The zero-order valence-corrected chi connectivity index (χ0v) is 16.6. The molecular formula is C23H18F2N2O5. The SMILES string of the molecule is O=C(Nc1ccc(F)cc1)OC[C@H]1OC(=O)N(c2ccc(F)cc2)C1c1ccc(O)cc1. The number of benzene rings is 3. The Hall–Kier alpha value is -4.14. The van der Waals surface area contributed by atoms with E-state index >= 15 is 0 Å². The van der Waals surface area contributed by atoms with Gasteiger partial charge in [0, 0.05) is 11.4 Å². The Balaban J connectivity index is 1.53. The third kappa shape index (κ3) is 4.61. The summed E-state index contributed by atoms with van der Waals surface area (Å²) in [6, 6.07) is 15.9. The molecule has 1 fully saturated rings. The Labute approximate surface area is 181 Å². The predicted octanol–water partition coefficient (Wildman–Crippen LogP) is 4.99. The Morgan fingerprint density at radius 1 is 0.969 bits per heavy atom. The Morgan fingerprint density at radius 2 is 1.56 bits per heavy atom. The van der Waals surface area contributed by atoms with Crippen molar-refractivity contribution in [2.24, 2.45) is 0 Å². The standard InChI is InChI=1S/C23H18F2N2O5/c24-15-3-7-17(8-4-15)26-22(29)31-13-20-21(14-1-11-19(28)12-2-14)27(23(30)32-20)18-9-5-16(25)6-10-18/h1-12,20-21,28H,13H2,(H,26,29)/t20-,21?/m1/s1. The highest BCUT2D eigenvalue weighted by Crippen LogP contribution is 2.38. The number of carbonyl (C=O) groups is 2. The smallest absolute Gasteiger partial charge is 0.415 e. The summed E-state index contributed by atoms with van der Waals surface area (Å²) < 4.78 is 37.1. The zero-order valence-electron chi connectivity index (χ0n) is 16.6. The molecular weight excluding hydrogens is 422 g/mol. The fourth-order valence-corrected chi connectivity index (χ4v) is 3.40. The van der Waals surface area contributed by atoms with Crippen molar-refractivity contribution in [2.75, 3.05) is 16.8 Å². The summed E-state index contributed by atoms with van der Waals surface area (Å²) in [7, 11) is 0. The van der Waals surface area contributed by atoms with Crippen LogP contribution in [-0.4, -0.2) is 30.0 Å². The monoisotopic (exact) mass is 440 g/mol. The molecule has 1 heterocycles. The summed E-state index contributed by atoms with van der Waals surface area (Å²) in [6.45, 7) is -0.276. The maximum atomic E-state index is 13.4. The first kappa shape index (κ1) is 21.1. The zero-order chi connectivity index (χ0) is 22.7. The van der Waals surface area contributed by atoms with Crippen molar-refractivity contribution in [2.45, 2.75) is 12.1 Å². The number of anilines is 2. The van der Waals surface area contributed by atoms with Crippen LogP contribution in [-0.2, 0) is 9.47 Å². The molecule has 0 spiro atoms. The van der Waals surface area contributed by atoms with Gasteiger partial charge in [-0.15, -0.1) is 0 Å². The van der Waals surface area contributed by atoms with Gasteiger partial charge in [0.2, 0.25) is 0 Å². The third-order valence-electron chi connectivity index (χ3n) is 4.89. The van der Waals surface area contributed by atoms with Gasteiger partial charge in [-0.3, -0.25) is 10.2 Å². The topological polar surface area (TPSA) is 88.1 Å². The van der Waals surface area contributed by atoms with Crippen molar-refractivity contribution >= 4 is 23.6 Å². The molecule has 7 nitrogen and oxygen atoms in total. The largest absolute Gasteiger partial charge is 0.508 e. The molecule has 1 aliphatic rings. The lowest BCUT2D eigenvalue weighted by Gasteiger charge is -2.25. The van der Waals surface area contributed by atoms with Gasteiger partial charge >= 0.3 is 12.2 Å². The average Bonchev–Trinajstić information content (AvgIpc) is 3.11. The minimum Gasteiger partial charge on any atom is -0.508 e. The van der Waals surface area contributed by atoms with Crippen LogP contribution < -0.4 is 10.2 Å². The van der Waals surface area contributed by atoms with E-state index in [1.54, 1.807) is 12.1 Å². The molecule has 0 radical (unpaired) electrons. The van der Waals surface area contributed by atoms with Gasteiger partial charge in [0.25, 0.3) is 0 Å². The van der Waals surface area contributed by atoms with Crippen molar-refractivity contribution in [1.29, 1.82) is 0 Å². The first-order valence-corrected chi connectivity index (χ1v) is 9.64. The van der Waals surface area contributed by atoms with Crippen LogP contribution in [0.2, 0.25) is 0 Å². The molecule has 0 aromatic heterocycles. The normalized spacial score (nSPS) is 17.7. The van der Waals surface area contributed by atoms with Crippen molar-refractivity contribution in [1.82, 2.24) is 0 Å². The van der Waals surface area contributed by atoms with E-state index in [2.05, 4.69) is 5.32 Å². The lowest BCUT2D eigenvalue weighted by atomic mass is 10.0. The van der Waals surface area contributed by atoms with Gasteiger partial charge in [0.1, 0.15) is 30.0 Å². The van der Waals surface area contributed by atoms with Gasteiger partial charge in [0.15, 0.2) is 6.10 Å². The molecule has 1 saturated heterocycles. The summed E-state index contributed by atoms with van der Waals surface area (Å²) in [5.74, 6) is -0.863. The molecule has 3 aromatic rings. The van der Waals surface area contributed by atoms with E-state index in [9.17, 15) is 23.5 Å². The van der Waals surface area contributed by atoms with Gasteiger partial charge < -0.3 is 14.6 Å². The highest BCUT2D eigenvalue weighted by Gasteiger charge is 2.44. The summed E-state index contributed by atoms with van der Waals surface area (Å²) in [5.41, 5.74) is 1.35.